The van der Waals surface area contributed by atoms with E-state index in [0.29, 0.717) is 75.6 Å². The number of carboxylic acids is 2. The molecule has 1 unspecified atom stereocenters. The largest absolute Gasteiger partial charge is 0.478 e. The number of imide groups is 1. The Bertz CT molecular complexity index is 1500. The van der Waals surface area contributed by atoms with Crippen molar-refractivity contribution in [3.8, 4) is 0 Å². The Kier molecular flexibility index (Phi) is 59.9. The van der Waals surface area contributed by atoms with E-state index in [0.717, 1.165) is 83.5 Å². The average Bonchev–Trinajstić information content (AvgIpc) is 3.31. The van der Waals surface area contributed by atoms with Crippen molar-refractivity contribution in [2.45, 2.75) is 124 Å². The van der Waals surface area contributed by atoms with E-state index in [1.807, 2.05) is 0 Å². The van der Waals surface area contributed by atoms with Gasteiger partial charge in [-0.1, -0.05) is 84.8 Å². The Morgan fingerprint density at radius 1 is 0.761 bits per heavy atom. The van der Waals surface area contributed by atoms with E-state index in [9.17, 15) is 43.2 Å². The molecule has 0 rings (SSSR count). The molecule has 5 N–H and O–H groups in total. The molecule has 0 aliphatic carbocycles. The number of aliphatic carboxylic acids is 2. The minimum atomic E-state index is -1.35. The minimum Gasteiger partial charge on any atom is -0.478 e. The van der Waals surface area contributed by atoms with Gasteiger partial charge in [0.25, 0.3) is 0 Å². The van der Waals surface area contributed by atoms with Crippen molar-refractivity contribution < 1.29 is 67.9 Å². The lowest BCUT2D eigenvalue weighted by Gasteiger charge is -2.22. The van der Waals surface area contributed by atoms with Crippen LogP contribution in [0.1, 0.15) is 124 Å². The van der Waals surface area contributed by atoms with Crippen LogP contribution in [0.2, 0.25) is 0 Å². The minimum absolute atomic E-state index is 0.184. The van der Waals surface area contributed by atoms with Crippen molar-refractivity contribution in [2.24, 2.45) is 20.9 Å². The van der Waals surface area contributed by atoms with Gasteiger partial charge in [0.15, 0.2) is 0 Å². The topological polar surface area (TPSA) is 297 Å². The van der Waals surface area contributed by atoms with Crippen molar-refractivity contribution in [3.05, 3.63) is 35.8 Å². The van der Waals surface area contributed by atoms with Crippen LogP contribution < -0.4 is 10.6 Å². The number of nitrogens with one attached hydrogen (secondary N) is 2. The molecule has 0 spiro atoms. The quantitative estimate of drug-likeness (QED) is 0.00897. The number of carbonyl (C=O) groups is 6. The molecule has 0 aromatic heterocycles. The molecule has 22 heteroatoms. The maximum atomic E-state index is 12.6. The zero-order valence-electron chi connectivity index (χ0n) is 39.8. The third kappa shape index (κ3) is 58.6. The molecule has 0 aliphatic heterocycles. The first-order valence-corrected chi connectivity index (χ1v) is 23.2. The number of carboxylic acid groups (broad SMARTS) is 2. The SMILES string of the molecule is C=C(C)C(=O)OC.C=CC(=O)OCC(CC)CCCC.O=C(O)/C=C(\S)C(=O)O.O=C=NCCCCCCNC(=O)N(CCCCCCN=C=O)C(=O)NCCCCCCN=C=O.OCCS. The number of ether oxygens (including phenoxy) is 2. The summed E-state index contributed by atoms with van der Waals surface area (Å²) in [6.07, 6.45) is 20.7. The predicted octanol–water partition coefficient (Wildman–Crippen LogP) is 6.94. The molecule has 67 heavy (non-hydrogen) atoms. The first-order valence-electron chi connectivity index (χ1n) is 22.1. The van der Waals surface area contributed by atoms with Gasteiger partial charge in [-0.25, -0.2) is 63.0 Å². The number of thiol groups is 2. The van der Waals surface area contributed by atoms with Crippen LogP contribution in [0.4, 0.5) is 9.59 Å². The summed E-state index contributed by atoms with van der Waals surface area (Å²) >= 11 is 7.02. The van der Waals surface area contributed by atoms with E-state index in [2.05, 4.69) is 82.6 Å². The normalized spacial score (nSPS) is 10.0. The number of hydrogen-bond donors (Lipinski definition) is 7. The fourth-order valence-electron chi connectivity index (χ4n) is 4.68. The second-order valence-corrected chi connectivity index (χ2v) is 14.8. The Morgan fingerprint density at radius 2 is 1.19 bits per heavy atom. The third-order valence-electron chi connectivity index (χ3n) is 8.32. The smallest absolute Gasteiger partial charge is 0.342 e. The van der Waals surface area contributed by atoms with Crippen LogP contribution in [-0.4, -0.2) is 140 Å². The summed E-state index contributed by atoms with van der Waals surface area (Å²) in [5.41, 5.74) is 0.433. The summed E-state index contributed by atoms with van der Waals surface area (Å²) in [6, 6.07) is -0.833. The van der Waals surface area contributed by atoms with Crippen molar-refractivity contribution in [1.29, 1.82) is 0 Å². The van der Waals surface area contributed by atoms with E-state index in [1.165, 1.54) is 49.2 Å². The number of aliphatic hydroxyl groups excluding tert-OH is 1. The average molecular weight is 989 g/mol. The van der Waals surface area contributed by atoms with E-state index < -0.39 is 28.9 Å². The number of hydrogen-bond acceptors (Lipinski definition) is 17. The number of urea groups is 2. The summed E-state index contributed by atoms with van der Waals surface area (Å²) < 4.78 is 9.26. The molecule has 0 fully saturated rings. The Labute approximate surface area is 407 Å². The van der Waals surface area contributed by atoms with Gasteiger partial charge in [-0.3, -0.25) is 0 Å². The van der Waals surface area contributed by atoms with Gasteiger partial charge < -0.3 is 35.4 Å². The molecule has 382 valence electrons. The fraction of sp³-hybridized carbons (Fsp3) is 0.667. The Balaban J connectivity index is -0.000000312. The van der Waals surface area contributed by atoms with E-state index in [1.54, 1.807) is 6.92 Å². The monoisotopic (exact) mass is 988 g/mol. The summed E-state index contributed by atoms with van der Waals surface area (Å²) in [7, 11) is 1.33. The van der Waals surface area contributed by atoms with Gasteiger partial charge >= 0.3 is 35.9 Å². The number of isocyanates is 3. The standard InChI is InChI=1S/C23H38N6O5.C11H20O2.C5H8O2.C4H4O4S.C2H6OS/c30-19-24-13-7-1-3-10-16-27-22(33)29(18-12-6-5-9-15-26-21-32)23(34)28-17-11-4-2-8-14-25-20-31;1-4-7-8-10(5-2)9-13-11(12)6-3;1-4(2)5(6)7-3;5-3(6)1-2(9)4(7)8;3-1-2-4/h1-18H2,(H,27,33)(H,28,34);6,10H,3-5,7-9H2,1-2H3;1H2,2-3H3;1,9H,(H,5,6)(H,7,8);3-4H,1-2H2/b;;;2-1-;. The summed E-state index contributed by atoms with van der Waals surface area (Å²) in [5, 5.41) is 29.4. The molecule has 0 aromatic rings. The first kappa shape index (κ1) is 70.7. The van der Waals surface area contributed by atoms with Crippen LogP contribution >= 0.6 is 25.3 Å². The van der Waals surface area contributed by atoms with Crippen LogP contribution in [0.25, 0.3) is 0 Å². The molecule has 20 nitrogen and oxygen atoms in total. The number of amides is 4. The van der Waals surface area contributed by atoms with Gasteiger partial charge in [0.2, 0.25) is 18.2 Å². The maximum absolute atomic E-state index is 12.6. The van der Waals surface area contributed by atoms with Crippen LogP contribution in [0.3, 0.4) is 0 Å². The number of aliphatic imine (C=N–C) groups is 3. The lowest BCUT2D eigenvalue weighted by Crippen LogP contribution is -2.49. The van der Waals surface area contributed by atoms with E-state index >= 15 is 0 Å². The molecule has 0 aliphatic rings. The van der Waals surface area contributed by atoms with Crippen molar-refractivity contribution in [2.75, 3.05) is 65.3 Å². The first-order chi connectivity index (χ1) is 32.0. The molecule has 1 atom stereocenters. The van der Waals surface area contributed by atoms with Gasteiger partial charge in [0, 0.05) is 43.1 Å². The summed E-state index contributed by atoms with van der Waals surface area (Å²) in [4.78, 5) is 107. The Morgan fingerprint density at radius 3 is 1.49 bits per heavy atom. The highest BCUT2D eigenvalue weighted by molar-refractivity contribution is 7.85. The molecular weight excluding hydrogens is 913 g/mol. The molecule has 4 amide bonds. The number of carbonyl (C=O) groups excluding carboxylic acids is 7. The number of unbranched alkanes of at least 4 members (excludes halogenated alkanes) is 10. The summed E-state index contributed by atoms with van der Waals surface area (Å²) in [5.74, 6) is -2.23. The number of rotatable bonds is 32. The fourth-order valence-corrected chi connectivity index (χ4v) is 4.79. The molecular formula is C45H76N6O14S2. The molecule has 0 heterocycles. The van der Waals surface area contributed by atoms with Crippen LogP contribution in [0, 0.1) is 5.92 Å². The molecule has 0 bridgehead atoms. The predicted molar refractivity (Wildman–Crippen MR) is 262 cm³/mol. The molecule has 0 saturated heterocycles. The second kappa shape index (κ2) is 56.8. The highest BCUT2D eigenvalue weighted by Crippen LogP contribution is 2.13. The van der Waals surface area contributed by atoms with Crippen molar-refractivity contribution in [3.63, 3.8) is 0 Å². The van der Waals surface area contributed by atoms with Gasteiger partial charge in [-0.2, -0.15) is 12.6 Å². The maximum Gasteiger partial charge on any atom is 0.342 e. The molecule has 0 saturated carbocycles. The highest BCUT2D eigenvalue weighted by atomic mass is 32.1. The van der Waals surface area contributed by atoms with Crippen LogP contribution in [0.5, 0.6) is 0 Å². The number of esters is 2. The van der Waals surface area contributed by atoms with Crippen molar-refractivity contribution in [1.82, 2.24) is 15.5 Å². The zero-order valence-corrected chi connectivity index (χ0v) is 41.6. The number of methoxy groups -OCH3 is 1. The van der Waals surface area contributed by atoms with Gasteiger partial charge in [-0.05, 0) is 57.8 Å². The van der Waals surface area contributed by atoms with Gasteiger partial charge in [0.05, 0.1) is 44.9 Å². The Hall–Kier alpha value is -5.36. The lowest BCUT2D eigenvalue weighted by molar-refractivity contribution is -0.139. The second-order valence-electron chi connectivity index (χ2n) is 13.9. The third-order valence-corrected chi connectivity index (χ3v) is 8.84. The summed E-state index contributed by atoms with van der Waals surface area (Å²) in [6.45, 7) is 15.9. The van der Waals surface area contributed by atoms with E-state index in [4.69, 9.17) is 20.1 Å². The van der Waals surface area contributed by atoms with Gasteiger partial charge in [-0.15, -0.1) is 12.6 Å². The number of aliphatic hydroxyl groups is 1. The van der Waals surface area contributed by atoms with Crippen LogP contribution in [0.15, 0.2) is 50.8 Å². The van der Waals surface area contributed by atoms with E-state index in [-0.39, 0.29) is 18.5 Å². The number of nitrogens with zero attached hydrogens (tertiary/aromatic N) is 4. The lowest BCUT2D eigenvalue weighted by atomic mass is 10.0. The molecule has 0 radical (unpaired) electrons. The van der Waals surface area contributed by atoms with Crippen LogP contribution in [-0.2, 0) is 43.0 Å². The molecule has 0 aromatic carbocycles. The highest BCUT2D eigenvalue weighted by Gasteiger charge is 2.20. The zero-order chi connectivity index (χ0) is 51.9. The van der Waals surface area contributed by atoms with Gasteiger partial charge in [0.1, 0.15) is 0 Å². The van der Waals surface area contributed by atoms with Crippen molar-refractivity contribution >= 4 is 79.4 Å².